The lowest BCUT2D eigenvalue weighted by atomic mass is 10.0. The molecule has 0 bridgehead atoms. The van der Waals surface area contributed by atoms with Crippen LogP contribution in [0.5, 0.6) is 17.2 Å². The van der Waals surface area contributed by atoms with Gasteiger partial charge in [0.05, 0.1) is 27.5 Å². The fraction of sp³-hybridized carbons (Fsp3) is 0.300. The number of rotatable bonds is 7. The summed E-state index contributed by atoms with van der Waals surface area (Å²) in [4.78, 5) is 12.4. The Labute approximate surface area is 163 Å². The van der Waals surface area contributed by atoms with Crippen LogP contribution in [-0.2, 0) is 4.79 Å². The highest BCUT2D eigenvalue weighted by atomic mass is 16.5. The Hall–Kier alpha value is -3.10. The molecule has 2 unspecified atom stereocenters. The molecule has 8 nitrogen and oxygen atoms in total. The third-order valence-electron chi connectivity index (χ3n) is 4.54. The number of hydrogen-bond donors (Lipinski definition) is 3. The lowest BCUT2D eigenvalue weighted by Crippen LogP contribution is -2.41. The Bertz CT molecular complexity index is 842. The molecule has 3 rings (SSSR count). The Morgan fingerprint density at radius 2 is 1.71 bits per heavy atom. The highest BCUT2D eigenvalue weighted by Crippen LogP contribution is 2.33. The van der Waals surface area contributed by atoms with Crippen molar-refractivity contribution >= 4 is 12.1 Å². The number of hydrazone groups is 1. The fourth-order valence-electron chi connectivity index (χ4n) is 3.03. The molecule has 0 radical (unpaired) electrons. The van der Waals surface area contributed by atoms with Gasteiger partial charge in [0.15, 0.2) is 11.5 Å². The molecule has 1 amide bonds. The molecule has 1 heterocycles. The molecule has 148 valence electrons. The van der Waals surface area contributed by atoms with E-state index in [1.807, 2.05) is 30.3 Å². The zero-order chi connectivity index (χ0) is 19.9. The van der Waals surface area contributed by atoms with Crippen LogP contribution in [0.4, 0.5) is 0 Å². The molecule has 0 saturated carbocycles. The van der Waals surface area contributed by atoms with Crippen molar-refractivity contribution in [3.05, 3.63) is 53.6 Å². The van der Waals surface area contributed by atoms with Crippen molar-refractivity contribution in [2.45, 2.75) is 18.5 Å². The minimum Gasteiger partial charge on any atom is -0.496 e. The van der Waals surface area contributed by atoms with Gasteiger partial charge in [-0.3, -0.25) is 4.79 Å². The maximum absolute atomic E-state index is 12.4. The molecule has 2 aromatic rings. The Kier molecular flexibility index (Phi) is 6.46. The predicted octanol–water partition coefficient (Wildman–Crippen LogP) is 1.77. The molecule has 8 heteroatoms. The molecule has 3 N–H and O–H groups in total. The van der Waals surface area contributed by atoms with Crippen molar-refractivity contribution in [1.82, 2.24) is 16.3 Å². The van der Waals surface area contributed by atoms with Gasteiger partial charge in [-0.15, -0.1) is 0 Å². The van der Waals surface area contributed by atoms with Crippen molar-refractivity contribution < 1.29 is 19.0 Å². The summed E-state index contributed by atoms with van der Waals surface area (Å²) in [5.74, 6) is 1.43. The number of ether oxygens (including phenoxy) is 3. The lowest BCUT2D eigenvalue weighted by Gasteiger charge is -2.12. The maximum Gasteiger partial charge on any atom is 0.258 e. The van der Waals surface area contributed by atoms with E-state index >= 15 is 0 Å². The van der Waals surface area contributed by atoms with Crippen LogP contribution in [0.1, 0.15) is 23.6 Å². The highest BCUT2D eigenvalue weighted by Gasteiger charge is 2.29. The maximum atomic E-state index is 12.4. The number of benzene rings is 2. The third-order valence-corrected chi connectivity index (χ3v) is 4.54. The summed E-state index contributed by atoms with van der Waals surface area (Å²) in [5.41, 5.74) is 10.5. The van der Waals surface area contributed by atoms with E-state index in [0.29, 0.717) is 29.2 Å². The summed E-state index contributed by atoms with van der Waals surface area (Å²) < 4.78 is 15.9. The van der Waals surface area contributed by atoms with Gasteiger partial charge in [-0.2, -0.15) is 5.10 Å². The predicted molar refractivity (Wildman–Crippen MR) is 106 cm³/mol. The molecule has 0 aliphatic carbocycles. The Balaban J connectivity index is 1.62. The van der Waals surface area contributed by atoms with Gasteiger partial charge < -0.3 is 14.2 Å². The minimum atomic E-state index is -0.380. The number of hydrogen-bond acceptors (Lipinski definition) is 7. The Morgan fingerprint density at radius 3 is 2.39 bits per heavy atom. The zero-order valence-electron chi connectivity index (χ0n) is 16.1. The second-order valence-corrected chi connectivity index (χ2v) is 6.22. The largest absolute Gasteiger partial charge is 0.496 e. The normalized spacial score (nSPS) is 18.8. The first-order chi connectivity index (χ1) is 13.7. The zero-order valence-corrected chi connectivity index (χ0v) is 16.1. The van der Waals surface area contributed by atoms with E-state index in [2.05, 4.69) is 21.4 Å². The fourth-order valence-corrected chi connectivity index (χ4v) is 3.03. The van der Waals surface area contributed by atoms with Gasteiger partial charge in [-0.1, -0.05) is 30.3 Å². The van der Waals surface area contributed by atoms with E-state index in [0.717, 1.165) is 5.56 Å². The number of hydrazine groups is 1. The van der Waals surface area contributed by atoms with Crippen LogP contribution in [0.2, 0.25) is 0 Å². The van der Waals surface area contributed by atoms with Gasteiger partial charge in [0.25, 0.3) is 5.91 Å². The van der Waals surface area contributed by atoms with Crippen molar-refractivity contribution in [1.29, 1.82) is 0 Å². The SMILES string of the molecule is COc1cc(OC)c(OC)cc1/C=N/NC(=O)C1CC(c2ccccc2)NN1. The number of carbonyl (C=O) groups is 1. The molecule has 1 saturated heterocycles. The van der Waals surface area contributed by atoms with Crippen LogP contribution >= 0.6 is 0 Å². The van der Waals surface area contributed by atoms with Crippen molar-refractivity contribution in [3.63, 3.8) is 0 Å². The molecule has 1 fully saturated rings. The van der Waals surface area contributed by atoms with E-state index in [4.69, 9.17) is 14.2 Å². The number of nitrogens with zero attached hydrogens (tertiary/aromatic N) is 1. The standard InChI is InChI=1S/C20H24N4O4/c1-26-17-11-19(28-3)18(27-2)9-14(17)12-21-24-20(25)16-10-15(22-23-16)13-7-5-4-6-8-13/h4-9,11-12,15-16,22-23H,10H2,1-3H3,(H,24,25)/b21-12+. The first-order valence-corrected chi connectivity index (χ1v) is 8.85. The summed E-state index contributed by atoms with van der Waals surface area (Å²) in [6, 6.07) is 13.1. The number of nitrogens with one attached hydrogen (secondary N) is 3. The average molecular weight is 384 g/mol. The Morgan fingerprint density at radius 1 is 1.04 bits per heavy atom. The number of carbonyl (C=O) groups excluding carboxylic acids is 1. The quantitative estimate of drug-likeness (QED) is 0.498. The average Bonchev–Trinajstić information content (AvgIpc) is 3.24. The lowest BCUT2D eigenvalue weighted by molar-refractivity contribution is -0.122. The van der Waals surface area contributed by atoms with Gasteiger partial charge in [0, 0.05) is 17.7 Å². The molecule has 1 aliphatic rings. The van der Waals surface area contributed by atoms with Gasteiger partial charge in [0.1, 0.15) is 11.8 Å². The summed E-state index contributed by atoms with van der Waals surface area (Å²) in [6.07, 6.45) is 2.14. The summed E-state index contributed by atoms with van der Waals surface area (Å²) in [7, 11) is 4.65. The van der Waals surface area contributed by atoms with Crippen LogP contribution in [-0.4, -0.2) is 39.5 Å². The van der Waals surface area contributed by atoms with Gasteiger partial charge in [0.2, 0.25) is 0 Å². The summed E-state index contributed by atoms with van der Waals surface area (Å²) in [6.45, 7) is 0. The number of methoxy groups -OCH3 is 3. The molecular formula is C20H24N4O4. The van der Waals surface area contributed by atoms with Crippen molar-refractivity contribution in [2.75, 3.05) is 21.3 Å². The first-order valence-electron chi connectivity index (χ1n) is 8.85. The summed E-state index contributed by atoms with van der Waals surface area (Å²) >= 11 is 0. The van der Waals surface area contributed by atoms with Gasteiger partial charge >= 0.3 is 0 Å². The van der Waals surface area contributed by atoms with E-state index in [1.54, 1.807) is 33.5 Å². The van der Waals surface area contributed by atoms with Crippen molar-refractivity contribution in [2.24, 2.45) is 5.10 Å². The van der Waals surface area contributed by atoms with Crippen LogP contribution in [0, 0.1) is 0 Å². The molecule has 0 spiro atoms. The molecule has 1 aliphatic heterocycles. The van der Waals surface area contributed by atoms with Crippen LogP contribution in [0.15, 0.2) is 47.6 Å². The molecular weight excluding hydrogens is 360 g/mol. The monoisotopic (exact) mass is 384 g/mol. The molecule has 2 atom stereocenters. The third kappa shape index (κ3) is 4.41. The first kappa shape index (κ1) is 19.7. The molecule has 0 aromatic heterocycles. The van der Waals surface area contributed by atoms with Crippen LogP contribution < -0.4 is 30.5 Å². The highest BCUT2D eigenvalue weighted by molar-refractivity contribution is 5.87. The second kappa shape index (κ2) is 9.20. The topological polar surface area (TPSA) is 93.2 Å². The van der Waals surface area contributed by atoms with Crippen LogP contribution in [0.3, 0.4) is 0 Å². The smallest absolute Gasteiger partial charge is 0.258 e. The summed E-state index contributed by atoms with van der Waals surface area (Å²) in [5, 5.41) is 4.05. The van der Waals surface area contributed by atoms with E-state index in [1.165, 1.54) is 6.21 Å². The second-order valence-electron chi connectivity index (χ2n) is 6.22. The van der Waals surface area contributed by atoms with E-state index in [-0.39, 0.29) is 18.0 Å². The van der Waals surface area contributed by atoms with E-state index < -0.39 is 0 Å². The van der Waals surface area contributed by atoms with Crippen LogP contribution in [0.25, 0.3) is 0 Å². The van der Waals surface area contributed by atoms with Gasteiger partial charge in [-0.05, 0) is 18.1 Å². The minimum absolute atomic E-state index is 0.0758. The molecule has 28 heavy (non-hydrogen) atoms. The van der Waals surface area contributed by atoms with E-state index in [9.17, 15) is 4.79 Å². The van der Waals surface area contributed by atoms with Crippen molar-refractivity contribution in [3.8, 4) is 17.2 Å². The number of amides is 1. The molecule has 2 aromatic carbocycles. The van der Waals surface area contributed by atoms with Gasteiger partial charge in [-0.25, -0.2) is 16.3 Å².